The first-order valence-electron chi connectivity index (χ1n) is 5.03. The zero-order valence-corrected chi connectivity index (χ0v) is 9.79. The maximum atomic E-state index is 13.0. The van der Waals surface area contributed by atoms with Crippen molar-refractivity contribution in [2.45, 2.75) is 6.18 Å². The van der Waals surface area contributed by atoms with Crippen LogP contribution in [0.1, 0.15) is 15.9 Å². The van der Waals surface area contributed by atoms with Gasteiger partial charge in [0.1, 0.15) is 5.82 Å². The summed E-state index contributed by atoms with van der Waals surface area (Å²) >= 11 is 0. The summed E-state index contributed by atoms with van der Waals surface area (Å²) in [6.07, 6.45) is -4.90. The van der Waals surface area contributed by atoms with Crippen LogP contribution in [0.2, 0.25) is 0 Å². The van der Waals surface area contributed by atoms with E-state index in [1.54, 1.807) is 0 Å². The lowest BCUT2D eigenvalue weighted by molar-refractivity contribution is -0.140. The summed E-state index contributed by atoms with van der Waals surface area (Å²) in [6, 6.07) is 1.85. The third kappa shape index (κ3) is 3.67. The molecule has 0 atom stereocenters. The lowest BCUT2D eigenvalue weighted by Gasteiger charge is -2.16. The lowest BCUT2D eigenvalue weighted by Crippen LogP contribution is -2.35. The average Bonchev–Trinajstić information content (AvgIpc) is 2.26. The van der Waals surface area contributed by atoms with Gasteiger partial charge < -0.3 is 10.6 Å². The molecule has 104 valence electrons. The van der Waals surface area contributed by atoms with Crippen LogP contribution in [0.3, 0.4) is 0 Å². The van der Waals surface area contributed by atoms with E-state index >= 15 is 0 Å². The Morgan fingerprint density at radius 2 is 1.89 bits per heavy atom. The number of amides is 2. The van der Waals surface area contributed by atoms with Crippen LogP contribution in [0, 0.1) is 5.82 Å². The summed E-state index contributed by atoms with van der Waals surface area (Å²) in [5, 5.41) is 0. The molecule has 1 aromatic rings. The molecule has 0 heterocycles. The molecule has 0 bridgehead atoms. The standard InChI is InChI=1S/C11H10F4N2O2/c1-17(5-9(16)18)10(19)6-2-3-8(12)7(4-6)11(13,14)15/h2-4H,5H2,1H3,(H2,16,18). The van der Waals surface area contributed by atoms with E-state index in [1.807, 2.05) is 0 Å². The van der Waals surface area contributed by atoms with Crippen molar-refractivity contribution in [1.82, 2.24) is 4.90 Å². The number of primary amides is 1. The third-order valence-electron chi connectivity index (χ3n) is 2.26. The van der Waals surface area contributed by atoms with Gasteiger partial charge in [-0.2, -0.15) is 13.2 Å². The Bertz CT molecular complexity index is 514. The Kier molecular flexibility index (Phi) is 4.13. The van der Waals surface area contributed by atoms with Crippen molar-refractivity contribution in [3.63, 3.8) is 0 Å². The quantitative estimate of drug-likeness (QED) is 0.849. The minimum Gasteiger partial charge on any atom is -0.368 e. The number of nitrogens with two attached hydrogens (primary N) is 1. The molecule has 1 rings (SSSR count). The first-order chi connectivity index (χ1) is 8.62. The van der Waals surface area contributed by atoms with Crippen LogP contribution in [0.5, 0.6) is 0 Å². The normalized spacial score (nSPS) is 11.2. The van der Waals surface area contributed by atoms with E-state index < -0.39 is 35.9 Å². The maximum Gasteiger partial charge on any atom is 0.419 e. The number of hydrogen-bond acceptors (Lipinski definition) is 2. The number of carbonyl (C=O) groups excluding carboxylic acids is 2. The van der Waals surface area contributed by atoms with E-state index in [1.165, 1.54) is 7.05 Å². The lowest BCUT2D eigenvalue weighted by atomic mass is 10.1. The zero-order chi connectivity index (χ0) is 14.8. The predicted octanol–water partition coefficient (Wildman–Crippen LogP) is 1.40. The van der Waals surface area contributed by atoms with E-state index in [4.69, 9.17) is 5.73 Å². The summed E-state index contributed by atoms with van der Waals surface area (Å²) in [5.41, 5.74) is 2.95. The van der Waals surface area contributed by atoms with Gasteiger partial charge >= 0.3 is 6.18 Å². The van der Waals surface area contributed by atoms with Crippen LogP contribution in [-0.4, -0.2) is 30.3 Å². The van der Waals surface area contributed by atoms with Gasteiger partial charge in [-0.1, -0.05) is 0 Å². The second-order valence-corrected chi connectivity index (χ2v) is 3.82. The molecular formula is C11H10F4N2O2. The molecule has 0 saturated heterocycles. The third-order valence-corrected chi connectivity index (χ3v) is 2.26. The number of nitrogens with zero attached hydrogens (tertiary/aromatic N) is 1. The Labute approximate surface area is 105 Å². The Balaban J connectivity index is 3.09. The van der Waals surface area contributed by atoms with Crippen molar-refractivity contribution in [2.24, 2.45) is 5.73 Å². The SMILES string of the molecule is CN(CC(N)=O)C(=O)c1ccc(F)c(C(F)(F)F)c1. The fraction of sp³-hybridized carbons (Fsp3) is 0.273. The second kappa shape index (κ2) is 5.25. The van der Waals surface area contributed by atoms with Gasteiger partial charge in [-0.3, -0.25) is 9.59 Å². The highest BCUT2D eigenvalue weighted by Crippen LogP contribution is 2.32. The van der Waals surface area contributed by atoms with Gasteiger partial charge in [0.25, 0.3) is 5.91 Å². The summed E-state index contributed by atoms with van der Waals surface area (Å²) in [5.74, 6) is -3.14. The molecule has 0 fully saturated rings. The molecule has 19 heavy (non-hydrogen) atoms. The number of halogens is 4. The van der Waals surface area contributed by atoms with Crippen LogP contribution in [0.15, 0.2) is 18.2 Å². The fourth-order valence-electron chi connectivity index (χ4n) is 1.40. The number of rotatable bonds is 3. The van der Waals surface area contributed by atoms with Crippen molar-refractivity contribution in [3.8, 4) is 0 Å². The van der Waals surface area contributed by atoms with Crippen LogP contribution in [0.4, 0.5) is 17.6 Å². The first kappa shape index (κ1) is 14.9. The van der Waals surface area contributed by atoms with Crippen molar-refractivity contribution in [1.29, 1.82) is 0 Å². The minimum atomic E-state index is -4.90. The first-order valence-corrected chi connectivity index (χ1v) is 5.03. The summed E-state index contributed by atoms with van der Waals surface area (Å²) < 4.78 is 50.4. The number of hydrogen-bond donors (Lipinski definition) is 1. The Morgan fingerprint density at radius 3 is 2.37 bits per heavy atom. The van der Waals surface area contributed by atoms with E-state index in [9.17, 15) is 27.2 Å². The van der Waals surface area contributed by atoms with E-state index in [0.29, 0.717) is 12.1 Å². The highest BCUT2D eigenvalue weighted by atomic mass is 19.4. The van der Waals surface area contributed by atoms with Gasteiger partial charge in [0, 0.05) is 12.6 Å². The van der Waals surface area contributed by atoms with Crippen molar-refractivity contribution >= 4 is 11.8 Å². The monoisotopic (exact) mass is 278 g/mol. The number of carbonyl (C=O) groups is 2. The molecular weight excluding hydrogens is 268 g/mol. The summed E-state index contributed by atoms with van der Waals surface area (Å²) in [6.45, 7) is -0.447. The molecule has 4 nitrogen and oxygen atoms in total. The highest BCUT2D eigenvalue weighted by Gasteiger charge is 2.34. The van der Waals surface area contributed by atoms with Gasteiger partial charge in [0.15, 0.2) is 0 Å². The number of benzene rings is 1. The molecule has 0 saturated carbocycles. The van der Waals surface area contributed by atoms with Crippen LogP contribution in [0.25, 0.3) is 0 Å². The molecule has 0 aromatic heterocycles. The van der Waals surface area contributed by atoms with E-state index in [2.05, 4.69) is 0 Å². The van der Waals surface area contributed by atoms with Crippen LogP contribution >= 0.6 is 0 Å². The van der Waals surface area contributed by atoms with Crippen molar-refractivity contribution in [3.05, 3.63) is 35.1 Å². The molecule has 8 heteroatoms. The molecule has 2 amide bonds. The fourth-order valence-corrected chi connectivity index (χ4v) is 1.40. The molecule has 0 aliphatic carbocycles. The Morgan fingerprint density at radius 1 is 1.32 bits per heavy atom. The van der Waals surface area contributed by atoms with Crippen molar-refractivity contribution in [2.75, 3.05) is 13.6 Å². The van der Waals surface area contributed by atoms with Gasteiger partial charge in [-0.05, 0) is 18.2 Å². The highest BCUT2D eigenvalue weighted by molar-refractivity contribution is 5.96. The molecule has 1 aromatic carbocycles. The predicted molar refractivity (Wildman–Crippen MR) is 57.6 cm³/mol. The van der Waals surface area contributed by atoms with Gasteiger partial charge in [-0.25, -0.2) is 4.39 Å². The van der Waals surface area contributed by atoms with E-state index in [-0.39, 0.29) is 5.56 Å². The van der Waals surface area contributed by atoms with Gasteiger partial charge in [0.05, 0.1) is 12.1 Å². The van der Waals surface area contributed by atoms with Crippen LogP contribution < -0.4 is 5.73 Å². The second-order valence-electron chi connectivity index (χ2n) is 3.82. The largest absolute Gasteiger partial charge is 0.419 e. The van der Waals surface area contributed by atoms with E-state index in [0.717, 1.165) is 11.0 Å². The van der Waals surface area contributed by atoms with Crippen molar-refractivity contribution < 1.29 is 27.2 Å². The van der Waals surface area contributed by atoms with Gasteiger partial charge in [0.2, 0.25) is 5.91 Å². The number of alkyl halides is 3. The molecule has 0 aliphatic rings. The molecule has 2 N–H and O–H groups in total. The zero-order valence-electron chi connectivity index (χ0n) is 9.79. The van der Waals surface area contributed by atoms with Gasteiger partial charge in [-0.15, -0.1) is 0 Å². The average molecular weight is 278 g/mol. The summed E-state index contributed by atoms with van der Waals surface area (Å²) in [4.78, 5) is 23.2. The maximum absolute atomic E-state index is 13.0. The minimum absolute atomic E-state index is 0.377. The molecule has 0 aliphatic heterocycles. The summed E-state index contributed by atoms with van der Waals surface area (Å²) in [7, 11) is 1.20. The molecule has 0 radical (unpaired) electrons. The molecule has 0 spiro atoms. The number of likely N-dealkylation sites (N-methyl/N-ethyl adjacent to an activating group) is 1. The smallest absolute Gasteiger partial charge is 0.368 e. The molecule has 0 unspecified atom stereocenters. The topological polar surface area (TPSA) is 63.4 Å². The van der Waals surface area contributed by atoms with Crippen LogP contribution in [-0.2, 0) is 11.0 Å². The Hall–Kier alpha value is -2.12.